The van der Waals surface area contributed by atoms with E-state index in [2.05, 4.69) is 11.0 Å². The Hall–Kier alpha value is -1.56. The van der Waals surface area contributed by atoms with Crippen molar-refractivity contribution in [1.82, 2.24) is 4.90 Å². The first-order valence-corrected chi connectivity index (χ1v) is 7.90. The summed E-state index contributed by atoms with van der Waals surface area (Å²) >= 11 is 0. The first-order chi connectivity index (χ1) is 10.7. The molecule has 0 aromatic heterocycles. The second kappa shape index (κ2) is 4.04. The van der Waals surface area contributed by atoms with Gasteiger partial charge in [-0.25, -0.2) is 0 Å². The van der Waals surface area contributed by atoms with Crippen LogP contribution < -0.4 is 4.74 Å². The molecule has 5 atom stereocenters. The van der Waals surface area contributed by atoms with Gasteiger partial charge < -0.3 is 20.1 Å². The van der Waals surface area contributed by atoms with Crippen LogP contribution in [0.5, 0.6) is 11.5 Å². The summed E-state index contributed by atoms with van der Waals surface area (Å²) in [6, 6.07) is 3.87. The van der Waals surface area contributed by atoms with Crippen LogP contribution in [-0.2, 0) is 11.8 Å². The van der Waals surface area contributed by atoms with Gasteiger partial charge in [0.25, 0.3) is 0 Å². The molecule has 2 heterocycles. The van der Waals surface area contributed by atoms with E-state index in [0.717, 1.165) is 24.9 Å². The van der Waals surface area contributed by atoms with Crippen LogP contribution in [0.3, 0.4) is 0 Å². The third-order valence-electron chi connectivity index (χ3n) is 6.17. The number of piperidine rings is 1. The maximum atomic E-state index is 10.4. The maximum absolute atomic E-state index is 10.4. The quantitative estimate of drug-likeness (QED) is 0.660. The van der Waals surface area contributed by atoms with E-state index < -0.39 is 6.10 Å². The first-order valence-electron chi connectivity index (χ1n) is 7.90. The molecule has 22 heavy (non-hydrogen) atoms. The van der Waals surface area contributed by atoms with Crippen LogP contribution in [0.2, 0.25) is 0 Å². The van der Waals surface area contributed by atoms with Gasteiger partial charge in [0.2, 0.25) is 0 Å². The van der Waals surface area contributed by atoms with Gasteiger partial charge in [-0.05, 0) is 24.5 Å². The number of benzene rings is 1. The SMILES string of the molecule is OCN1CCC23c4c5ccc(O)c4OC2C(O)C=CC3C1C5. The lowest BCUT2D eigenvalue weighted by Gasteiger charge is -2.56. The van der Waals surface area contributed by atoms with Crippen LogP contribution in [0.15, 0.2) is 24.3 Å². The molecule has 1 fully saturated rings. The lowest BCUT2D eigenvalue weighted by atomic mass is 9.53. The summed E-state index contributed by atoms with van der Waals surface area (Å²) in [5.74, 6) is 0.931. The molecule has 1 aromatic carbocycles. The van der Waals surface area contributed by atoms with Crippen LogP contribution >= 0.6 is 0 Å². The number of hydrogen-bond acceptors (Lipinski definition) is 5. The molecular weight excluding hydrogens is 282 g/mol. The van der Waals surface area contributed by atoms with E-state index in [9.17, 15) is 15.3 Å². The summed E-state index contributed by atoms with van der Waals surface area (Å²) < 4.78 is 6.06. The van der Waals surface area contributed by atoms with Crippen molar-refractivity contribution in [3.8, 4) is 11.5 Å². The molecule has 1 spiro atoms. The monoisotopic (exact) mass is 301 g/mol. The lowest BCUT2D eigenvalue weighted by molar-refractivity contribution is -0.0712. The molecule has 4 aliphatic rings. The molecule has 1 saturated heterocycles. The molecule has 2 aliphatic carbocycles. The number of hydrogen-bond donors (Lipinski definition) is 3. The minimum atomic E-state index is -0.657. The van der Waals surface area contributed by atoms with Gasteiger partial charge in [-0.3, -0.25) is 4.90 Å². The smallest absolute Gasteiger partial charge is 0.165 e. The van der Waals surface area contributed by atoms with Crippen LogP contribution in [0.25, 0.3) is 0 Å². The number of ether oxygens (including phenoxy) is 1. The number of nitrogens with zero attached hydrogens (tertiary/aromatic N) is 1. The van der Waals surface area contributed by atoms with E-state index in [1.54, 1.807) is 6.07 Å². The molecule has 5 unspecified atom stereocenters. The summed E-state index contributed by atoms with van der Waals surface area (Å²) in [6.45, 7) is 0.839. The number of aliphatic hydroxyl groups is 2. The van der Waals surface area contributed by atoms with Crippen molar-refractivity contribution >= 4 is 0 Å². The molecule has 2 aliphatic heterocycles. The van der Waals surface area contributed by atoms with Gasteiger partial charge in [0.05, 0.1) is 6.73 Å². The highest BCUT2D eigenvalue weighted by atomic mass is 16.5. The number of likely N-dealkylation sites (tertiary alicyclic amines) is 1. The minimum Gasteiger partial charge on any atom is -0.504 e. The molecule has 0 radical (unpaired) electrons. The van der Waals surface area contributed by atoms with Crippen molar-refractivity contribution < 1.29 is 20.1 Å². The van der Waals surface area contributed by atoms with E-state index >= 15 is 0 Å². The average Bonchev–Trinajstić information content (AvgIpc) is 2.87. The topological polar surface area (TPSA) is 73.2 Å². The van der Waals surface area contributed by atoms with Crippen molar-refractivity contribution in [2.24, 2.45) is 5.92 Å². The van der Waals surface area contributed by atoms with Gasteiger partial charge >= 0.3 is 0 Å². The standard InChI is InChI=1S/C17H19NO4/c19-8-18-6-5-17-10-2-4-13(21)16(17)22-15-12(20)3-1-9(14(15)17)7-11(10)18/h1-4,10-11,13,16,19-21H,5-8H2. The number of aromatic hydroxyl groups is 1. The van der Waals surface area contributed by atoms with Crippen LogP contribution in [-0.4, -0.2) is 51.7 Å². The zero-order valence-electron chi connectivity index (χ0n) is 12.1. The fourth-order valence-corrected chi connectivity index (χ4v) is 5.31. The molecule has 2 bridgehead atoms. The van der Waals surface area contributed by atoms with Crippen molar-refractivity contribution in [1.29, 1.82) is 0 Å². The van der Waals surface area contributed by atoms with Crippen LogP contribution in [0.1, 0.15) is 17.5 Å². The highest BCUT2D eigenvalue weighted by molar-refractivity contribution is 5.61. The molecule has 116 valence electrons. The van der Waals surface area contributed by atoms with Crippen LogP contribution in [0, 0.1) is 5.92 Å². The Kier molecular flexibility index (Phi) is 2.38. The van der Waals surface area contributed by atoms with E-state index in [-0.39, 0.29) is 36.0 Å². The Balaban J connectivity index is 1.80. The molecule has 0 saturated carbocycles. The Bertz CT molecular complexity index is 687. The second-order valence-corrected chi connectivity index (χ2v) is 6.90. The normalized spacial score (nSPS) is 41.2. The van der Waals surface area contributed by atoms with Gasteiger partial charge in [0, 0.05) is 29.5 Å². The fourth-order valence-electron chi connectivity index (χ4n) is 5.31. The third-order valence-corrected chi connectivity index (χ3v) is 6.17. The third kappa shape index (κ3) is 1.27. The number of phenolic OH excluding ortho intramolecular Hbond substituents is 1. The highest BCUT2D eigenvalue weighted by Crippen LogP contribution is 2.62. The van der Waals surface area contributed by atoms with Gasteiger partial charge in [0.15, 0.2) is 11.5 Å². The predicted octanol–water partition coefficient (Wildman–Crippen LogP) is 0.518. The van der Waals surface area contributed by atoms with Crippen molar-refractivity contribution in [2.45, 2.75) is 36.5 Å². The molecule has 5 rings (SSSR count). The summed E-state index contributed by atoms with van der Waals surface area (Å²) in [6.07, 6.45) is 4.58. The largest absolute Gasteiger partial charge is 0.504 e. The second-order valence-electron chi connectivity index (χ2n) is 6.90. The van der Waals surface area contributed by atoms with Crippen LogP contribution in [0.4, 0.5) is 0 Å². The van der Waals surface area contributed by atoms with Crippen molar-refractivity contribution in [3.05, 3.63) is 35.4 Å². The Labute approximate surface area is 128 Å². The van der Waals surface area contributed by atoms with Gasteiger partial charge in [-0.1, -0.05) is 18.2 Å². The first kappa shape index (κ1) is 12.9. The lowest BCUT2D eigenvalue weighted by Crippen LogP contribution is -2.65. The van der Waals surface area contributed by atoms with Gasteiger partial charge in [-0.15, -0.1) is 0 Å². The number of aliphatic hydroxyl groups excluding tert-OH is 2. The fraction of sp³-hybridized carbons (Fsp3) is 0.529. The Morgan fingerprint density at radius 2 is 2.18 bits per heavy atom. The number of rotatable bonds is 1. The molecule has 1 aromatic rings. The molecule has 0 amide bonds. The van der Waals surface area contributed by atoms with Gasteiger partial charge in [-0.2, -0.15) is 0 Å². The highest BCUT2D eigenvalue weighted by Gasteiger charge is 2.64. The van der Waals surface area contributed by atoms with Gasteiger partial charge in [0.1, 0.15) is 12.2 Å². The van der Waals surface area contributed by atoms with E-state index in [1.165, 1.54) is 5.56 Å². The summed E-state index contributed by atoms with van der Waals surface area (Å²) in [7, 11) is 0. The average molecular weight is 301 g/mol. The Morgan fingerprint density at radius 1 is 1.32 bits per heavy atom. The summed E-state index contributed by atoms with van der Waals surface area (Å²) in [5.41, 5.74) is 2.00. The zero-order chi connectivity index (χ0) is 15.1. The number of phenols is 1. The molecular formula is C17H19NO4. The summed E-state index contributed by atoms with van der Waals surface area (Å²) in [5, 5.41) is 30.4. The summed E-state index contributed by atoms with van der Waals surface area (Å²) in [4.78, 5) is 2.11. The van der Waals surface area contributed by atoms with Crippen molar-refractivity contribution in [2.75, 3.05) is 13.3 Å². The minimum absolute atomic E-state index is 0.0550. The van der Waals surface area contributed by atoms with E-state index in [1.807, 2.05) is 12.1 Å². The van der Waals surface area contributed by atoms with E-state index in [4.69, 9.17) is 4.74 Å². The zero-order valence-corrected chi connectivity index (χ0v) is 12.1. The maximum Gasteiger partial charge on any atom is 0.165 e. The van der Waals surface area contributed by atoms with Crippen molar-refractivity contribution in [3.63, 3.8) is 0 Å². The predicted molar refractivity (Wildman–Crippen MR) is 78.7 cm³/mol. The molecule has 5 nitrogen and oxygen atoms in total. The molecule has 3 N–H and O–H groups in total. The Morgan fingerprint density at radius 3 is 3.00 bits per heavy atom. The molecule has 5 heteroatoms. The van der Waals surface area contributed by atoms with E-state index in [0.29, 0.717) is 5.75 Å².